The smallest absolute Gasteiger partial charge is 0.271 e. The predicted octanol–water partition coefficient (Wildman–Crippen LogP) is 5.78. The molecule has 174 valence electrons. The van der Waals surface area contributed by atoms with Crippen LogP contribution < -0.4 is 5.43 Å². The fourth-order valence-electron chi connectivity index (χ4n) is 4.60. The molecule has 1 saturated carbocycles. The third-order valence-electron chi connectivity index (χ3n) is 6.72. The third kappa shape index (κ3) is 5.85. The van der Waals surface area contributed by atoms with Crippen molar-refractivity contribution in [1.82, 2.24) is 10.3 Å². The van der Waals surface area contributed by atoms with Crippen LogP contribution in [-0.4, -0.2) is 28.2 Å². The van der Waals surface area contributed by atoms with Crippen LogP contribution in [0.5, 0.6) is 0 Å². The number of rotatable bonds is 5. The summed E-state index contributed by atoms with van der Waals surface area (Å²) in [5.74, 6) is 1.14. The van der Waals surface area contributed by atoms with Gasteiger partial charge in [0.15, 0.2) is 0 Å². The summed E-state index contributed by atoms with van der Waals surface area (Å²) >= 11 is 1.63. The first kappa shape index (κ1) is 23.6. The second-order valence-corrected chi connectivity index (χ2v) is 11.1. The van der Waals surface area contributed by atoms with Gasteiger partial charge in [0.2, 0.25) is 5.91 Å². The quantitative estimate of drug-likeness (QED) is 0.572. The number of hydrogen-bond acceptors (Lipinski definition) is 4. The maximum atomic E-state index is 12.6. The van der Waals surface area contributed by atoms with Gasteiger partial charge in [0.25, 0.3) is 5.91 Å². The van der Waals surface area contributed by atoms with Crippen LogP contribution in [0, 0.1) is 11.3 Å². The van der Waals surface area contributed by atoms with Crippen LogP contribution in [0.15, 0.2) is 59.7 Å². The molecule has 1 saturated heterocycles. The lowest BCUT2D eigenvalue weighted by Crippen LogP contribution is -2.28. The van der Waals surface area contributed by atoms with Crippen LogP contribution in [-0.2, 0) is 11.3 Å². The largest absolute Gasteiger partial charge is 0.322 e. The van der Waals surface area contributed by atoms with Crippen LogP contribution in [0.3, 0.4) is 0 Å². The molecular weight excluding hydrogens is 430 g/mol. The van der Waals surface area contributed by atoms with Crippen molar-refractivity contribution >= 4 is 29.3 Å². The summed E-state index contributed by atoms with van der Waals surface area (Å²) in [4.78, 5) is 27.0. The van der Waals surface area contributed by atoms with E-state index in [0.717, 1.165) is 42.5 Å². The Morgan fingerprint density at radius 3 is 2.36 bits per heavy atom. The highest BCUT2D eigenvalue weighted by Crippen LogP contribution is 2.39. The van der Waals surface area contributed by atoms with E-state index < -0.39 is 0 Å². The van der Waals surface area contributed by atoms with Crippen molar-refractivity contribution in [3.05, 3.63) is 71.3 Å². The molecule has 0 spiro atoms. The molecule has 1 atom stereocenters. The zero-order chi connectivity index (χ0) is 23.4. The monoisotopic (exact) mass is 463 g/mol. The van der Waals surface area contributed by atoms with E-state index in [1.165, 1.54) is 0 Å². The van der Waals surface area contributed by atoms with Gasteiger partial charge in [-0.15, -0.1) is 11.8 Å². The second kappa shape index (κ2) is 10.1. The van der Waals surface area contributed by atoms with Gasteiger partial charge in [-0.2, -0.15) is 5.10 Å². The first-order valence-corrected chi connectivity index (χ1v) is 12.8. The molecule has 2 amide bonds. The molecule has 0 unspecified atom stereocenters. The number of carbonyl (C=O) groups is 2. The standard InChI is InChI=1S/C27H33N3O2S/c1-27(2,3)22-13-15-23(16-14-22)28-29-25(32)20-9-11-21(12-10-20)26-30(24(31)18-33-26)17-19-7-5-4-6-8-19/h4-12,22,26H,13-18H2,1-3H3,(H,29,32)/t22?,26-/m1/s1. The first-order chi connectivity index (χ1) is 15.8. The summed E-state index contributed by atoms with van der Waals surface area (Å²) in [5.41, 5.74) is 6.88. The van der Waals surface area contributed by atoms with Crippen molar-refractivity contribution in [3.8, 4) is 0 Å². The lowest BCUT2D eigenvalue weighted by molar-refractivity contribution is -0.128. The van der Waals surface area contributed by atoms with E-state index in [9.17, 15) is 9.59 Å². The number of carbonyl (C=O) groups excluding carboxylic acids is 2. The van der Waals surface area contributed by atoms with Crippen LogP contribution in [0.1, 0.15) is 73.3 Å². The van der Waals surface area contributed by atoms with Gasteiger partial charge in [0.05, 0.1) is 5.75 Å². The van der Waals surface area contributed by atoms with Crippen molar-refractivity contribution in [2.75, 3.05) is 5.75 Å². The first-order valence-electron chi connectivity index (χ1n) is 11.7. The molecule has 2 aliphatic rings. The van der Waals surface area contributed by atoms with Gasteiger partial charge in [0.1, 0.15) is 5.37 Å². The molecule has 0 radical (unpaired) electrons. The Morgan fingerprint density at radius 2 is 1.73 bits per heavy atom. The van der Waals surface area contributed by atoms with Crippen molar-refractivity contribution in [3.63, 3.8) is 0 Å². The fraction of sp³-hybridized carbons (Fsp3) is 0.444. The lowest BCUT2D eigenvalue weighted by Gasteiger charge is -2.34. The molecule has 6 heteroatoms. The molecule has 2 aromatic rings. The minimum absolute atomic E-state index is 0.0342. The Balaban J connectivity index is 1.36. The summed E-state index contributed by atoms with van der Waals surface area (Å²) in [5, 5.41) is 4.37. The molecular formula is C27H33N3O2S. The fourth-order valence-corrected chi connectivity index (χ4v) is 5.79. The zero-order valence-corrected chi connectivity index (χ0v) is 20.5. The minimum Gasteiger partial charge on any atom is -0.322 e. The Morgan fingerprint density at radius 1 is 1.06 bits per heavy atom. The molecule has 33 heavy (non-hydrogen) atoms. The Bertz CT molecular complexity index is 1000. The van der Waals surface area contributed by atoms with Gasteiger partial charge in [0, 0.05) is 17.8 Å². The molecule has 0 aromatic heterocycles. The molecule has 1 N–H and O–H groups in total. The van der Waals surface area contributed by atoms with Crippen LogP contribution in [0.25, 0.3) is 0 Å². The van der Waals surface area contributed by atoms with Crippen molar-refractivity contribution < 1.29 is 9.59 Å². The summed E-state index contributed by atoms with van der Waals surface area (Å²) in [6.45, 7) is 7.48. The summed E-state index contributed by atoms with van der Waals surface area (Å²) in [6.07, 6.45) is 4.16. The zero-order valence-electron chi connectivity index (χ0n) is 19.7. The normalized spacial score (nSPS) is 21.2. The van der Waals surface area contributed by atoms with Gasteiger partial charge in [-0.1, -0.05) is 63.2 Å². The summed E-state index contributed by atoms with van der Waals surface area (Å²) in [7, 11) is 0. The van der Waals surface area contributed by atoms with E-state index >= 15 is 0 Å². The highest BCUT2D eigenvalue weighted by Gasteiger charge is 2.33. The molecule has 4 rings (SSSR count). The van der Waals surface area contributed by atoms with E-state index in [2.05, 4.69) is 31.3 Å². The van der Waals surface area contributed by atoms with Gasteiger partial charge in [-0.25, -0.2) is 5.43 Å². The average Bonchev–Trinajstić information content (AvgIpc) is 3.18. The van der Waals surface area contributed by atoms with Crippen molar-refractivity contribution in [1.29, 1.82) is 0 Å². The maximum Gasteiger partial charge on any atom is 0.271 e. The average molecular weight is 464 g/mol. The van der Waals surface area contributed by atoms with E-state index in [4.69, 9.17) is 0 Å². The number of benzene rings is 2. The Labute approximate surface area is 201 Å². The van der Waals surface area contributed by atoms with Gasteiger partial charge in [-0.3, -0.25) is 9.59 Å². The molecule has 1 heterocycles. The van der Waals surface area contributed by atoms with E-state index in [-0.39, 0.29) is 17.2 Å². The van der Waals surface area contributed by atoms with Gasteiger partial charge < -0.3 is 4.90 Å². The molecule has 0 bridgehead atoms. The van der Waals surface area contributed by atoms with Crippen molar-refractivity contribution in [2.24, 2.45) is 16.4 Å². The number of thioether (sulfide) groups is 1. The number of nitrogens with one attached hydrogen (secondary N) is 1. The number of nitrogens with zero attached hydrogens (tertiary/aromatic N) is 2. The molecule has 2 fully saturated rings. The van der Waals surface area contributed by atoms with Gasteiger partial charge in [-0.05, 0) is 60.3 Å². The van der Waals surface area contributed by atoms with Crippen LogP contribution in [0.4, 0.5) is 0 Å². The highest BCUT2D eigenvalue weighted by molar-refractivity contribution is 8.00. The highest BCUT2D eigenvalue weighted by atomic mass is 32.2. The van der Waals surface area contributed by atoms with E-state index in [1.54, 1.807) is 11.8 Å². The molecule has 2 aromatic carbocycles. The molecule has 5 nitrogen and oxygen atoms in total. The van der Waals surface area contributed by atoms with E-state index in [0.29, 0.717) is 29.2 Å². The third-order valence-corrected chi connectivity index (χ3v) is 7.98. The van der Waals surface area contributed by atoms with Crippen LogP contribution >= 0.6 is 11.8 Å². The summed E-state index contributed by atoms with van der Waals surface area (Å²) in [6, 6.07) is 17.6. The topological polar surface area (TPSA) is 61.8 Å². The van der Waals surface area contributed by atoms with Crippen molar-refractivity contribution in [2.45, 2.75) is 58.4 Å². The Kier molecular flexibility index (Phi) is 7.23. The molecule has 1 aliphatic carbocycles. The summed E-state index contributed by atoms with van der Waals surface area (Å²) < 4.78 is 0. The lowest BCUT2D eigenvalue weighted by atomic mass is 9.72. The number of hydrazone groups is 1. The minimum atomic E-state index is -0.191. The Hall–Kier alpha value is -2.60. The SMILES string of the molecule is CC(C)(C)C1CCC(=NNC(=O)c2ccc([C@H]3SCC(=O)N3Cc3ccccc3)cc2)CC1. The van der Waals surface area contributed by atoms with E-state index in [1.807, 2.05) is 59.5 Å². The van der Waals surface area contributed by atoms with Crippen LogP contribution in [0.2, 0.25) is 0 Å². The number of hydrogen-bond donors (Lipinski definition) is 1. The number of amides is 2. The maximum absolute atomic E-state index is 12.6. The predicted molar refractivity (Wildman–Crippen MR) is 135 cm³/mol. The second-order valence-electron chi connectivity index (χ2n) is 10.1. The molecule has 1 aliphatic heterocycles. The van der Waals surface area contributed by atoms with Gasteiger partial charge >= 0.3 is 0 Å².